The van der Waals surface area contributed by atoms with Gasteiger partial charge in [0, 0.05) is 5.56 Å². The minimum atomic E-state index is 0.265. The van der Waals surface area contributed by atoms with Gasteiger partial charge >= 0.3 is 0 Å². The molecule has 1 heterocycles. The Bertz CT molecular complexity index is 275. The highest BCUT2D eigenvalue weighted by molar-refractivity contribution is 6.29. The third-order valence-electron chi connectivity index (χ3n) is 1.14. The highest BCUT2D eigenvalue weighted by atomic mass is 35.5. The van der Waals surface area contributed by atoms with Gasteiger partial charge in [0.25, 0.3) is 0 Å². The van der Waals surface area contributed by atoms with Crippen LogP contribution in [0.25, 0.3) is 0 Å². The molecule has 0 N–H and O–H groups in total. The molecule has 0 unspecified atom stereocenters. The number of hydrogen-bond acceptors (Lipinski definition) is 2. The van der Waals surface area contributed by atoms with E-state index in [1.54, 1.807) is 6.07 Å². The Labute approximate surface area is 74.1 Å². The summed E-state index contributed by atoms with van der Waals surface area (Å²) in [7, 11) is 0. The van der Waals surface area contributed by atoms with Gasteiger partial charge in [0.15, 0.2) is 0 Å². The first kappa shape index (κ1) is 8.50. The van der Waals surface area contributed by atoms with Crippen LogP contribution in [-0.2, 0) is 5.88 Å². The molecule has 0 atom stereocenters. The number of carbonyl (C=O) groups excluding carboxylic acids is 1. The van der Waals surface area contributed by atoms with Crippen LogP contribution in [0.15, 0.2) is 12.1 Å². The molecule has 0 spiro atoms. The minimum Gasteiger partial charge on any atom is -0.298 e. The average Bonchev–Trinajstić information content (AvgIpc) is 2.03. The highest BCUT2D eigenvalue weighted by Gasteiger charge is 1.98. The number of rotatable bonds is 2. The Balaban J connectivity index is 3.11. The van der Waals surface area contributed by atoms with Gasteiger partial charge in [-0.15, -0.1) is 11.6 Å². The largest absolute Gasteiger partial charge is 0.298 e. The summed E-state index contributed by atoms with van der Waals surface area (Å²) in [5.41, 5.74) is 1.11. The van der Waals surface area contributed by atoms with E-state index in [1.165, 1.54) is 6.07 Å². The van der Waals surface area contributed by atoms with Gasteiger partial charge in [-0.25, -0.2) is 4.98 Å². The van der Waals surface area contributed by atoms with Crippen molar-refractivity contribution in [1.82, 2.24) is 4.98 Å². The molecule has 0 saturated heterocycles. The Morgan fingerprint density at radius 2 is 2.27 bits per heavy atom. The molecule has 4 heteroatoms. The van der Waals surface area contributed by atoms with Crippen molar-refractivity contribution in [3.8, 4) is 0 Å². The molecule has 11 heavy (non-hydrogen) atoms. The molecule has 0 aliphatic rings. The van der Waals surface area contributed by atoms with Crippen molar-refractivity contribution >= 4 is 29.5 Å². The standard InChI is InChI=1S/C7H5Cl2NO/c8-3-6-1-5(4-11)2-7(9)10-6/h1-2,4H,3H2. The van der Waals surface area contributed by atoms with Gasteiger partial charge < -0.3 is 0 Å². The first-order valence-electron chi connectivity index (χ1n) is 2.94. The van der Waals surface area contributed by atoms with Crippen LogP contribution in [0.2, 0.25) is 5.15 Å². The summed E-state index contributed by atoms with van der Waals surface area (Å²) >= 11 is 11.1. The van der Waals surface area contributed by atoms with Gasteiger partial charge in [-0.2, -0.15) is 0 Å². The number of pyridine rings is 1. The maximum absolute atomic E-state index is 10.3. The monoisotopic (exact) mass is 189 g/mol. The van der Waals surface area contributed by atoms with E-state index in [-0.39, 0.29) is 5.88 Å². The van der Waals surface area contributed by atoms with Crippen LogP contribution in [-0.4, -0.2) is 11.3 Å². The quantitative estimate of drug-likeness (QED) is 0.406. The van der Waals surface area contributed by atoms with E-state index in [1.807, 2.05) is 0 Å². The molecule has 0 saturated carbocycles. The normalized spacial score (nSPS) is 9.64. The average molecular weight is 190 g/mol. The molecule has 0 amide bonds. The van der Waals surface area contributed by atoms with E-state index in [0.717, 1.165) is 0 Å². The fraction of sp³-hybridized carbons (Fsp3) is 0.143. The third kappa shape index (κ3) is 2.17. The van der Waals surface area contributed by atoms with Crippen LogP contribution in [0.3, 0.4) is 0 Å². The van der Waals surface area contributed by atoms with Crippen molar-refractivity contribution in [2.45, 2.75) is 5.88 Å². The lowest BCUT2D eigenvalue weighted by Gasteiger charge is -1.96. The maximum Gasteiger partial charge on any atom is 0.150 e. The lowest BCUT2D eigenvalue weighted by atomic mass is 10.2. The number of aldehydes is 1. The molecular weight excluding hydrogens is 185 g/mol. The Morgan fingerprint density at radius 3 is 2.82 bits per heavy atom. The fourth-order valence-corrected chi connectivity index (χ4v) is 1.08. The molecule has 0 aromatic carbocycles. The molecular formula is C7H5Cl2NO. The summed E-state index contributed by atoms with van der Waals surface area (Å²) in [4.78, 5) is 14.2. The van der Waals surface area contributed by atoms with E-state index >= 15 is 0 Å². The molecule has 0 aliphatic heterocycles. The molecule has 2 nitrogen and oxygen atoms in total. The molecule has 0 aliphatic carbocycles. The molecule has 0 radical (unpaired) electrons. The van der Waals surface area contributed by atoms with Crippen molar-refractivity contribution < 1.29 is 4.79 Å². The topological polar surface area (TPSA) is 30.0 Å². The smallest absolute Gasteiger partial charge is 0.150 e. The van der Waals surface area contributed by atoms with Gasteiger partial charge in [0.2, 0.25) is 0 Å². The maximum atomic E-state index is 10.3. The zero-order valence-electron chi connectivity index (χ0n) is 5.55. The van der Waals surface area contributed by atoms with E-state index < -0.39 is 0 Å². The van der Waals surface area contributed by atoms with Gasteiger partial charge in [-0.1, -0.05) is 11.6 Å². The van der Waals surface area contributed by atoms with Crippen LogP contribution in [0, 0.1) is 0 Å². The number of aromatic nitrogens is 1. The summed E-state index contributed by atoms with van der Waals surface area (Å²) in [6.45, 7) is 0. The first-order valence-corrected chi connectivity index (χ1v) is 3.85. The highest BCUT2D eigenvalue weighted by Crippen LogP contribution is 2.10. The van der Waals surface area contributed by atoms with Crippen LogP contribution in [0.1, 0.15) is 16.1 Å². The van der Waals surface area contributed by atoms with Gasteiger partial charge in [-0.05, 0) is 12.1 Å². The van der Waals surface area contributed by atoms with Crippen molar-refractivity contribution in [2.24, 2.45) is 0 Å². The van der Waals surface area contributed by atoms with Crippen molar-refractivity contribution in [3.05, 3.63) is 28.5 Å². The van der Waals surface area contributed by atoms with Crippen LogP contribution < -0.4 is 0 Å². The van der Waals surface area contributed by atoms with Crippen LogP contribution in [0.5, 0.6) is 0 Å². The zero-order valence-corrected chi connectivity index (χ0v) is 7.06. The summed E-state index contributed by atoms with van der Waals surface area (Å²) in [6.07, 6.45) is 0.712. The predicted molar refractivity (Wildman–Crippen MR) is 44.2 cm³/mol. The van der Waals surface area contributed by atoms with Crippen LogP contribution >= 0.6 is 23.2 Å². The summed E-state index contributed by atoms with van der Waals surface area (Å²) in [6, 6.07) is 3.09. The van der Waals surface area contributed by atoms with E-state index in [4.69, 9.17) is 23.2 Å². The molecule has 1 rings (SSSR count). The van der Waals surface area contributed by atoms with E-state index in [0.29, 0.717) is 22.7 Å². The minimum absolute atomic E-state index is 0.265. The first-order chi connectivity index (χ1) is 5.26. The molecule has 0 bridgehead atoms. The lowest BCUT2D eigenvalue weighted by molar-refractivity contribution is 0.112. The number of carbonyl (C=O) groups is 1. The van der Waals surface area contributed by atoms with Crippen molar-refractivity contribution in [3.63, 3.8) is 0 Å². The van der Waals surface area contributed by atoms with E-state index in [9.17, 15) is 4.79 Å². The van der Waals surface area contributed by atoms with Crippen LogP contribution in [0.4, 0.5) is 0 Å². The fourth-order valence-electron chi connectivity index (χ4n) is 0.710. The number of hydrogen-bond donors (Lipinski definition) is 0. The Morgan fingerprint density at radius 1 is 1.55 bits per heavy atom. The van der Waals surface area contributed by atoms with Gasteiger partial charge in [0.1, 0.15) is 11.4 Å². The molecule has 1 aromatic heterocycles. The second kappa shape index (κ2) is 3.69. The summed E-state index contributed by atoms with van der Waals surface area (Å²) in [5, 5.41) is 0.297. The second-order valence-electron chi connectivity index (χ2n) is 1.97. The third-order valence-corrected chi connectivity index (χ3v) is 1.61. The van der Waals surface area contributed by atoms with Crippen molar-refractivity contribution in [1.29, 1.82) is 0 Å². The molecule has 1 aromatic rings. The summed E-state index contributed by atoms with van der Waals surface area (Å²) in [5.74, 6) is 0.265. The van der Waals surface area contributed by atoms with Gasteiger partial charge in [-0.3, -0.25) is 4.79 Å². The zero-order chi connectivity index (χ0) is 8.27. The number of nitrogens with zero attached hydrogens (tertiary/aromatic N) is 1. The molecule has 58 valence electrons. The van der Waals surface area contributed by atoms with Gasteiger partial charge in [0.05, 0.1) is 11.6 Å². The lowest BCUT2D eigenvalue weighted by Crippen LogP contribution is -1.89. The Kier molecular flexibility index (Phi) is 2.85. The second-order valence-corrected chi connectivity index (χ2v) is 2.62. The molecule has 0 fully saturated rings. The number of halogens is 2. The predicted octanol–water partition coefficient (Wildman–Crippen LogP) is 2.29. The van der Waals surface area contributed by atoms with Crippen molar-refractivity contribution in [2.75, 3.05) is 0 Å². The van der Waals surface area contributed by atoms with E-state index in [2.05, 4.69) is 4.98 Å². The number of alkyl halides is 1. The SMILES string of the molecule is O=Cc1cc(Cl)nc(CCl)c1. The Hall–Kier alpha value is -0.600. The summed E-state index contributed by atoms with van der Waals surface area (Å²) < 4.78 is 0.